The van der Waals surface area contributed by atoms with Crippen LogP contribution in [-0.2, 0) is 9.53 Å². The molecule has 3 fully saturated rings. The van der Waals surface area contributed by atoms with E-state index in [1.807, 2.05) is 0 Å². The third-order valence-electron chi connectivity index (χ3n) is 6.21. The van der Waals surface area contributed by atoms with Crippen molar-refractivity contribution in [2.24, 2.45) is 16.3 Å². The van der Waals surface area contributed by atoms with E-state index >= 15 is 0 Å². The van der Waals surface area contributed by atoms with E-state index in [9.17, 15) is 4.79 Å². The number of fused-ring (bicyclic) bond motifs is 1. The van der Waals surface area contributed by atoms with E-state index in [0.29, 0.717) is 24.1 Å². The number of hydrogen-bond donors (Lipinski definition) is 2. The van der Waals surface area contributed by atoms with Crippen LogP contribution >= 0.6 is 24.0 Å². The summed E-state index contributed by atoms with van der Waals surface area (Å²) in [6.07, 6.45) is 7.71. The van der Waals surface area contributed by atoms with Gasteiger partial charge < -0.3 is 20.3 Å². The first-order valence-electron chi connectivity index (χ1n) is 9.79. The topological polar surface area (TPSA) is 66.0 Å². The van der Waals surface area contributed by atoms with Crippen LogP contribution in [0.5, 0.6) is 0 Å². The van der Waals surface area contributed by atoms with Crippen LogP contribution in [-0.4, -0.2) is 62.2 Å². The third-order valence-corrected chi connectivity index (χ3v) is 6.21. The van der Waals surface area contributed by atoms with Gasteiger partial charge in [-0.3, -0.25) is 4.79 Å². The van der Waals surface area contributed by atoms with Crippen LogP contribution in [0.3, 0.4) is 0 Å². The molecule has 2 saturated carbocycles. The lowest BCUT2D eigenvalue weighted by atomic mass is 9.57. The predicted octanol–water partition coefficient (Wildman–Crippen LogP) is 2.37. The first kappa shape index (κ1) is 21.7. The third kappa shape index (κ3) is 4.64. The van der Waals surface area contributed by atoms with E-state index in [0.717, 1.165) is 19.0 Å². The average molecular weight is 478 g/mol. The van der Waals surface area contributed by atoms with Gasteiger partial charge >= 0.3 is 0 Å². The normalized spacial score (nSPS) is 30.6. The molecule has 150 valence electrons. The summed E-state index contributed by atoms with van der Waals surface area (Å²) < 4.78 is 5.90. The molecule has 0 spiro atoms. The van der Waals surface area contributed by atoms with Gasteiger partial charge in [0.1, 0.15) is 6.54 Å². The van der Waals surface area contributed by atoms with Crippen LogP contribution in [0.25, 0.3) is 0 Å². The highest BCUT2D eigenvalue weighted by atomic mass is 127. The molecule has 2 aliphatic carbocycles. The van der Waals surface area contributed by atoms with Crippen LogP contribution in [0.2, 0.25) is 0 Å². The number of ether oxygens (including phenoxy) is 1. The number of carbonyl (C=O) groups is 1. The fourth-order valence-electron chi connectivity index (χ4n) is 4.63. The highest BCUT2D eigenvalue weighted by Gasteiger charge is 2.59. The fourth-order valence-corrected chi connectivity index (χ4v) is 4.63. The molecule has 1 aliphatic heterocycles. The Morgan fingerprint density at radius 2 is 1.85 bits per heavy atom. The molecule has 0 aromatic carbocycles. The Bertz CT molecular complexity index is 518. The van der Waals surface area contributed by atoms with Gasteiger partial charge in [0.2, 0.25) is 5.91 Å². The summed E-state index contributed by atoms with van der Waals surface area (Å²) in [4.78, 5) is 18.2. The lowest BCUT2D eigenvalue weighted by molar-refractivity contribution is -0.127. The van der Waals surface area contributed by atoms with Crippen molar-refractivity contribution >= 4 is 35.8 Å². The summed E-state index contributed by atoms with van der Waals surface area (Å²) >= 11 is 0. The molecule has 26 heavy (non-hydrogen) atoms. The van der Waals surface area contributed by atoms with Gasteiger partial charge in [-0.25, -0.2) is 4.99 Å². The number of nitrogens with one attached hydrogen (secondary N) is 2. The summed E-state index contributed by atoms with van der Waals surface area (Å²) in [7, 11) is 3.55. The van der Waals surface area contributed by atoms with Crippen molar-refractivity contribution in [2.75, 3.05) is 27.2 Å². The lowest BCUT2D eigenvalue weighted by Crippen LogP contribution is -2.68. The van der Waals surface area contributed by atoms with Crippen LogP contribution < -0.4 is 10.6 Å². The van der Waals surface area contributed by atoms with Gasteiger partial charge in [-0.15, -0.1) is 24.0 Å². The molecular weight excluding hydrogens is 443 g/mol. The summed E-state index contributed by atoms with van der Waals surface area (Å²) in [6, 6.07) is 0.817. The minimum absolute atomic E-state index is 0. The summed E-state index contributed by atoms with van der Waals surface area (Å²) in [5.41, 5.74) is 0.0989. The van der Waals surface area contributed by atoms with Crippen molar-refractivity contribution in [3.63, 3.8) is 0 Å². The minimum atomic E-state index is 0. The Kier molecular flexibility index (Phi) is 7.59. The monoisotopic (exact) mass is 478 g/mol. The molecule has 0 aromatic heterocycles. The van der Waals surface area contributed by atoms with Crippen molar-refractivity contribution in [1.82, 2.24) is 15.5 Å². The maximum Gasteiger partial charge on any atom is 0.243 e. The molecule has 3 aliphatic rings. The van der Waals surface area contributed by atoms with E-state index in [2.05, 4.69) is 29.5 Å². The standard InChI is InChI=1S/C19H34N4O2.HI/c1-19(2)16(14-10-11-25-17(14)19)22-18(20-12-15(24)23(3)4)21-13-8-6-5-7-9-13;/h13-14,16-17H,5-12H2,1-4H3,(H2,20,21,22);1H. The molecule has 0 radical (unpaired) electrons. The molecular formula is C19H35IN4O2. The average Bonchev–Trinajstić information content (AvgIpc) is 3.04. The number of guanidine groups is 1. The maximum atomic E-state index is 12.0. The SMILES string of the molecule is CN(C)C(=O)CN=C(NC1CCCCC1)NC1C2CCOC2C1(C)C.I. The molecule has 6 nitrogen and oxygen atoms in total. The van der Waals surface area contributed by atoms with Gasteiger partial charge in [0.15, 0.2) is 5.96 Å². The fraction of sp³-hybridized carbons (Fsp3) is 0.895. The van der Waals surface area contributed by atoms with Gasteiger partial charge in [0.05, 0.1) is 6.10 Å². The number of nitrogens with zero attached hydrogens (tertiary/aromatic N) is 2. The van der Waals surface area contributed by atoms with Gasteiger partial charge in [-0.2, -0.15) is 0 Å². The van der Waals surface area contributed by atoms with Gasteiger partial charge in [-0.1, -0.05) is 33.1 Å². The number of hydrogen-bond acceptors (Lipinski definition) is 3. The zero-order chi connectivity index (χ0) is 18.0. The van der Waals surface area contributed by atoms with Crippen molar-refractivity contribution in [3.8, 4) is 0 Å². The van der Waals surface area contributed by atoms with E-state index in [1.165, 1.54) is 32.1 Å². The van der Waals surface area contributed by atoms with E-state index in [1.54, 1.807) is 19.0 Å². The first-order chi connectivity index (χ1) is 11.9. The maximum absolute atomic E-state index is 12.0. The van der Waals surface area contributed by atoms with Crippen LogP contribution in [0.15, 0.2) is 4.99 Å². The van der Waals surface area contributed by atoms with Gasteiger partial charge in [-0.05, 0) is 19.3 Å². The van der Waals surface area contributed by atoms with Gasteiger partial charge in [0, 0.05) is 44.1 Å². The Morgan fingerprint density at radius 3 is 2.50 bits per heavy atom. The Balaban J connectivity index is 0.00000243. The predicted molar refractivity (Wildman–Crippen MR) is 115 cm³/mol. The highest BCUT2D eigenvalue weighted by molar-refractivity contribution is 14.0. The van der Waals surface area contributed by atoms with Crippen molar-refractivity contribution in [2.45, 2.75) is 70.6 Å². The zero-order valence-corrected chi connectivity index (χ0v) is 18.9. The van der Waals surface area contributed by atoms with E-state index < -0.39 is 0 Å². The largest absolute Gasteiger partial charge is 0.377 e. The quantitative estimate of drug-likeness (QED) is 0.370. The Labute approximate surface area is 174 Å². The second-order valence-electron chi connectivity index (χ2n) is 8.62. The number of amides is 1. The second-order valence-corrected chi connectivity index (χ2v) is 8.62. The highest BCUT2D eigenvalue weighted by Crippen LogP contribution is 2.52. The van der Waals surface area contributed by atoms with Crippen LogP contribution in [0, 0.1) is 11.3 Å². The van der Waals surface area contributed by atoms with Crippen LogP contribution in [0.4, 0.5) is 0 Å². The molecule has 1 saturated heterocycles. The van der Waals surface area contributed by atoms with Crippen molar-refractivity contribution < 1.29 is 9.53 Å². The van der Waals surface area contributed by atoms with Crippen molar-refractivity contribution in [1.29, 1.82) is 0 Å². The molecule has 1 amide bonds. The number of carbonyl (C=O) groups excluding carboxylic acids is 1. The number of aliphatic imine (C=N–C) groups is 1. The summed E-state index contributed by atoms with van der Waals surface area (Å²) in [5, 5.41) is 7.24. The molecule has 1 heterocycles. The second kappa shape index (κ2) is 9.08. The van der Waals surface area contributed by atoms with Gasteiger partial charge in [0.25, 0.3) is 0 Å². The van der Waals surface area contributed by atoms with E-state index in [4.69, 9.17) is 4.74 Å². The first-order valence-corrected chi connectivity index (χ1v) is 9.79. The molecule has 0 bridgehead atoms. The molecule has 3 unspecified atom stereocenters. The molecule has 3 rings (SSSR count). The number of halogens is 1. The summed E-state index contributed by atoms with van der Waals surface area (Å²) in [6.45, 7) is 5.58. The molecule has 7 heteroatoms. The summed E-state index contributed by atoms with van der Waals surface area (Å²) in [5.74, 6) is 1.38. The number of likely N-dealkylation sites (N-methyl/N-ethyl adjacent to an activating group) is 1. The number of rotatable bonds is 4. The Hall–Kier alpha value is -0.570. The van der Waals surface area contributed by atoms with E-state index in [-0.39, 0.29) is 41.8 Å². The molecule has 2 N–H and O–H groups in total. The molecule has 3 atom stereocenters. The lowest BCUT2D eigenvalue weighted by Gasteiger charge is -2.55. The Morgan fingerprint density at radius 1 is 1.15 bits per heavy atom. The zero-order valence-electron chi connectivity index (χ0n) is 16.6. The minimum Gasteiger partial charge on any atom is -0.377 e. The smallest absolute Gasteiger partial charge is 0.243 e. The van der Waals surface area contributed by atoms with Crippen molar-refractivity contribution in [3.05, 3.63) is 0 Å². The molecule has 0 aromatic rings. The van der Waals surface area contributed by atoms with Crippen LogP contribution in [0.1, 0.15) is 52.4 Å².